The second kappa shape index (κ2) is 16.9. The van der Waals surface area contributed by atoms with Gasteiger partial charge in [-0.1, -0.05) is 24.3 Å². The Labute approximate surface area is 283 Å². The molecule has 1 unspecified atom stereocenters. The molecule has 1 aliphatic heterocycles. The smallest absolute Gasteiger partial charge is 0.412 e. The number of amides is 1. The lowest BCUT2D eigenvalue weighted by molar-refractivity contribution is -0.385. The van der Waals surface area contributed by atoms with Crippen molar-refractivity contribution >= 4 is 29.3 Å². The summed E-state index contributed by atoms with van der Waals surface area (Å²) in [7, 11) is 0. The zero-order valence-corrected chi connectivity index (χ0v) is 26.9. The number of rotatable bonds is 16. The molecule has 1 aromatic heterocycles. The van der Waals surface area contributed by atoms with Gasteiger partial charge in [0.1, 0.15) is 24.1 Å². The molecular weight excluding hydrogens is 666 g/mol. The van der Waals surface area contributed by atoms with Crippen LogP contribution in [0.1, 0.15) is 25.0 Å². The summed E-state index contributed by atoms with van der Waals surface area (Å²) < 4.78 is 28.5. The summed E-state index contributed by atoms with van der Waals surface area (Å²) in [5.74, 6) is -1.41. The third-order valence-corrected chi connectivity index (χ3v) is 7.55. The number of esters is 1. The molecule has 19 nitrogen and oxygen atoms in total. The zero-order chi connectivity index (χ0) is 36.4. The first-order chi connectivity index (χ1) is 23.9. The highest BCUT2D eigenvalue weighted by molar-refractivity contribution is 5.83. The second-order valence-electron chi connectivity index (χ2n) is 10.8. The highest BCUT2D eigenvalue weighted by Crippen LogP contribution is 2.39. The van der Waals surface area contributed by atoms with E-state index in [2.05, 4.69) is 10.3 Å². The van der Waals surface area contributed by atoms with Gasteiger partial charge in [-0.25, -0.2) is 14.4 Å². The molecule has 5 atom stereocenters. The summed E-state index contributed by atoms with van der Waals surface area (Å²) in [5.41, 5.74) is -2.37. The number of aliphatic hydroxyl groups excluding tert-OH is 2. The summed E-state index contributed by atoms with van der Waals surface area (Å²) >= 11 is 0. The number of anilines is 1. The Morgan fingerprint density at radius 3 is 2.10 bits per heavy atom. The fraction of sp³-hybridized carbons (Fsp3) is 0.419. The average molecular weight is 702 g/mol. The van der Waals surface area contributed by atoms with Gasteiger partial charge in [0.2, 0.25) is 0 Å². The minimum Gasteiger partial charge on any atom is -0.462 e. The second-order valence-corrected chi connectivity index (χ2v) is 10.8. The molecule has 19 heteroatoms. The zero-order valence-electron chi connectivity index (χ0n) is 26.9. The number of nitrogens with zero attached hydrogens (tertiary/aromatic N) is 4. The third-order valence-electron chi connectivity index (χ3n) is 7.55. The maximum Gasteiger partial charge on any atom is 0.412 e. The van der Waals surface area contributed by atoms with Crippen LogP contribution in [0.5, 0.6) is 0 Å². The van der Waals surface area contributed by atoms with Gasteiger partial charge in [-0.3, -0.25) is 30.1 Å². The van der Waals surface area contributed by atoms with Crippen molar-refractivity contribution in [3.05, 3.63) is 103 Å². The number of hydrogen-bond acceptors (Lipinski definition) is 15. The Morgan fingerprint density at radius 1 is 1.00 bits per heavy atom. The van der Waals surface area contributed by atoms with Crippen molar-refractivity contribution in [3.63, 3.8) is 0 Å². The summed E-state index contributed by atoms with van der Waals surface area (Å²) in [5, 5.41) is 45.0. The topological polar surface area (TPSA) is 254 Å². The average Bonchev–Trinajstić information content (AvgIpc) is 3.36. The van der Waals surface area contributed by atoms with Crippen LogP contribution in [0.25, 0.3) is 0 Å². The van der Waals surface area contributed by atoms with Crippen LogP contribution in [0, 0.1) is 20.2 Å². The lowest BCUT2D eigenvalue weighted by Gasteiger charge is -2.34. The van der Waals surface area contributed by atoms with E-state index in [4.69, 9.17) is 23.7 Å². The van der Waals surface area contributed by atoms with Gasteiger partial charge in [0, 0.05) is 36.9 Å². The largest absolute Gasteiger partial charge is 0.462 e. The Kier molecular flexibility index (Phi) is 12.6. The highest BCUT2D eigenvalue weighted by atomic mass is 16.7. The Hall–Kier alpha value is -5.34. The molecule has 3 aromatic rings. The molecule has 3 N–H and O–H groups in total. The monoisotopic (exact) mass is 701 g/mol. The number of benzene rings is 2. The van der Waals surface area contributed by atoms with Gasteiger partial charge < -0.3 is 33.9 Å². The molecular formula is C31H35N5O14. The minimum absolute atomic E-state index is 0.0599. The molecule has 0 saturated carbocycles. The van der Waals surface area contributed by atoms with Gasteiger partial charge in [0.25, 0.3) is 17.1 Å². The molecule has 2 heterocycles. The van der Waals surface area contributed by atoms with E-state index in [0.29, 0.717) is 16.6 Å². The number of carbonyl (C=O) groups is 2. The van der Waals surface area contributed by atoms with Crippen molar-refractivity contribution in [2.75, 3.05) is 31.7 Å². The number of aliphatic hydroxyl groups is 2. The lowest BCUT2D eigenvalue weighted by Crippen LogP contribution is -2.58. The highest BCUT2D eigenvalue weighted by Gasteiger charge is 2.64. The quantitative estimate of drug-likeness (QED) is 0.0833. The molecule has 0 aliphatic carbocycles. The van der Waals surface area contributed by atoms with Crippen molar-refractivity contribution in [1.29, 1.82) is 0 Å². The van der Waals surface area contributed by atoms with Crippen LogP contribution in [0.2, 0.25) is 0 Å². The van der Waals surface area contributed by atoms with E-state index < -0.39 is 64.5 Å². The molecule has 268 valence electrons. The third kappa shape index (κ3) is 8.81. The van der Waals surface area contributed by atoms with Crippen LogP contribution in [-0.4, -0.2) is 92.7 Å². The van der Waals surface area contributed by atoms with Crippen molar-refractivity contribution in [2.45, 2.75) is 57.0 Å². The molecule has 0 bridgehead atoms. The number of non-ortho nitro benzene ring substituents is 2. The van der Waals surface area contributed by atoms with Crippen LogP contribution in [-0.2, 0) is 47.0 Å². The lowest BCUT2D eigenvalue weighted by atomic mass is 10.0. The van der Waals surface area contributed by atoms with Crippen LogP contribution >= 0.6 is 0 Å². The van der Waals surface area contributed by atoms with Gasteiger partial charge in [-0.15, -0.1) is 0 Å². The molecule has 1 amide bonds. The van der Waals surface area contributed by atoms with Crippen LogP contribution in [0.15, 0.2) is 65.6 Å². The van der Waals surface area contributed by atoms with E-state index in [9.17, 15) is 44.8 Å². The van der Waals surface area contributed by atoms with Gasteiger partial charge in [0.15, 0.2) is 6.29 Å². The number of ether oxygens (including phenoxy) is 5. The Morgan fingerprint density at radius 2 is 1.58 bits per heavy atom. The van der Waals surface area contributed by atoms with E-state index >= 15 is 0 Å². The SMILES string of the molecule is CCOC(=O)[C@@]1(n2ccc(NC(=O)OCCc3ccc([N+](=O)[O-])cc3)nc2=O)O[C@H](CO)[C@@H](O)[C@H]1OC(C)OCCc1ccc([N+](=O)[O-])cc1. The van der Waals surface area contributed by atoms with Gasteiger partial charge >= 0.3 is 17.8 Å². The number of hydrogen-bond donors (Lipinski definition) is 3. The number of carbonyl (C=O) groups excluding carboxylic acids is 2. The summed E-state index contributed by atoms with van der Waals surface area (Å²) in [6, 6.07) is 12.7. The van der Waals surface area contributed by atoms with E-state index in [1.807, 2.05) is 0 Å². The van der Waals surface area contributed by atoms with Crippen LogP contribution in [0.4, 0.5) is 22.0 Å². The van der Waals surface area contributed by atoms with Crippen molar-refractivity contribution < 1.29 is 53.3 Å². The van der Waals surface area contributed by atoms with Crippen LogP contribution in [0.3, 0.4) is 0 Å². The van der Waals surface area contributed by atoms with E-state index in [1.165, 1.54) is 50.2 Å². The predicted molar refractivity (Wildman–Crippen MR) is 170 cm³/mol. The maximum absolute atomic E-state index is 13.5. The molecule has 1 saturated heterocycles. The molecule has 4 rings (SSSR count). The molecule has 0 spiro atoms. The first kappa shape index (κ1) is 37.5. The van der Waals surface area contributed by atoms with Gasteiger partial charge in [-0.05, 0) is 37.5 Å². The predicted octanol–water partition coefficient (Wildman–Crippen LogP) is 1.81. The Bertz CT molecular complexity index is 1720. The molecule has 2 aromatic carbocycles. The molecule has 1 aliphatic rings. The Balaban J connectivity index is 1.47. The summed E-state index contributed by atoms with van der Waals surface area (Å²) in [6.45, 7) is 1.99. The van der Waals surface area contributed by atoms with Crippen molar-refractivity contribution in [3.8, 4) is 0 Å². The molecule has 0 radical (unpaired) electrons. The minimum atomic E-state index is -2.49. The van der Waals surface area contributed by atoms with Gasteiger partial charge in [-0.2, -0.15) is 4.98 Å². The van der Waals surface area contributed by atoms with Crippen molar-refractivity contribution in [1.82, 2.24) is 9.55 Å². The normalized spacial score (nSPS) is 20.5. The first-order valence-corrected chi connectivity index (χ1v) is 15.3. The molecule has 1 fully saturated rings. The fourth-order valence-electron chi connectivity index (χ4n) is 5.09. The standard InChI is InChI=1S/C31H35N5O14/c1-3-46-28(39)31(27(26(38)24(18-37)50-31)49-19(2)47-16-13-20-4-8-22(9-5-20)35(42)43)34-15-12-25(32-29(34)40)33-30(41)48-17-14-21-6-10-23(11-7-21)36(44)45/h4-12,15,19,24,26-27,37-38H,3,13-14,16-18H2,1-2H3,(H,32,33,40,41)/t19?,24-,26-,27-,31+/m1/s1. The van der Waals surface area contributed by atoms with Gasteiger partial charge in [0.05, 0.1) is 36.3 Å². The van der Waals surface area contributed by atoms with Crippen LogP contribution < -0.4 is 11.0 Å². The summed E-state index contributed by atoms with van der Waals surface area (Å²) in [6.07, 6.45) is -5.20. The first-order valence-electron chi connectivity index (χ1n) is 15.3. The number of aromatic nitrogens is 2. The number of nitrogens with one attached hydrogen (secondary N) is 1. The van der Waals surface area contributed by atoms with E-state index in [1.54, 1.807) is 12.1 Å². The summed E-state index contributed by atoms with van der Waals surface area (Å²) in [4.78, 5) is 63.7. The number of nitro benzene ring substituents is 2. The van der Waals surface area contributed by atoms with E-state index in [0.717, 1.165) is 17.8 Å². The van der Waals surface area contributed by atoms with Crippen molar-refractivity contribution in [2.24, 2.45) is 0 Å². The number of nitro groups is 2. The van der Waals surface area contributed by atoms with E-state index in [-0.39, 0.29) is 43.4 Å². The molecule has 50 heavy (non-hydrogen) atoms. The maximum atomic E-state index is 13.5. The fourth-order valence-corrected chi connectivity index (χ4v) is 5.09.